The molecule has 6 nitrogen and oxygen atoms in total. The van der Waals surface area contributed by atoms with E-state index >= 15 is 0 Å². The van der Waals surface area contributed by atoms with Gasteiger partial charge in [-0.05, 0) is 39.3 Å². The zero-order chi connectivity index (χ0) is 15.4. The summed E-state index contributed by atoms with van der Waals surface area (Å²) in [5.41, 5.74) is 0. The lowest BCUT2D eigenvalue weighted by Crippen LogP contribution is -2.49. The molecule has 2 fully saturated rings. The lowest BCUT2D eigenvalue weighted by molar-refractivity contribution is -0.139. The molecule has 0 saturated carbocycles. The second-order valence-electron chi connectivity index (χ2n) is 6.31. The zero-order valence-electron chi connectivity index (χ0n) is 13.1. The topological polar surface area (TPSA) is 58.6 Å². The van der Waals surface area contributed by atoms with Crippen LogP contribution in [0.25, 0.3) is 0 Å². The molecule has 0 N–H and O–H groups in total. The Balaban J connectivity index is 1.57. The summed E-state index contributed by atoms with van der Waals surface area (Å²) in [6, 6.07) is 0. The monoisotopic (exact) mass is 304 g/mol. The molecule has 0 bridgehead atoms. The van der Waals surface area contributed by atoms with Gasteiger partial charge in [-0.2, -0.15) is 0 Å². The summed E-state index contributed by atoms with van der Waals surface area (Å²) in [6.07, 6.45) is 8.97. The maximum atomic E-state index is 12.7. The highest BCUT2D eigenvalue weighted by atomic mass is 16.5. The molecule has 3 rings (SSSR count). The van der Waals surface area contributed by atoms with Crippen LogP contribution in [0.15, 0.2) is 18.6 Å². The molecule has 1 amide bonds. The first-order valence-electron chi connectivity index (χ1n) is 8.12. The lowest BCUT2D eigenvalue weighted by atomic mass is 9.95. The summed E-state index contributed by atoms with van der Waals surface area (Å²) in [6.45, 7) is 3.49. The predicted molar refractivity (Wildman–Crippen MR) is 82.5 cm³/mol. The summed E-state index contributed by atoms with van der Waals surface area (Å²) in [5, 5.41) is 0. The molecule has 120 valence electrons. The summed E-state index contributed by atoms with van der Waals surface area (Å²) < 4.78 is 5.87. The highest BCUT2D eigenvalue weighted by Crippen LogP contribution is 2.22. The Morgan fingerprint density at radius 2 is 2.09 bits per heavy atom. The van der Waals surface area contributed by atoms with Crippen LogP contribution in [0.1, 0.15) is 25.7 Å². The molecule has 6 heteroatoms. The summed E-state index contributed by atoms with van der Waals surface area (Å²) >= 11 is 0. The van der Waals surface area contributed by atoms with E-state index in [4.69, 9.17) is 4.74 Å². The first kappa shape index (κ1) is 15.2. The Bertz CT molecular complexity index is 496. The van der Waals surface area contributed by atoms with Crippen molar-refractivity contribution < 1.29 is 9.53 Å². The minimum Gasteiger partial charge on any atom is -0.471 e. The van der Waals surface area contributed by atoms with Crippen molar-refractivity contribution >= 4 is 5.91 Å². The van der Waals surface area contributed by atoms with Gasteiger partial charge in [-0.3, -0.25) is 9.78 Å². The van der Waals surface area contributed by atoms with Gasteiger partial charge in [0, 0.05) is 25.5 Å². The SMILES string of the molecule is CN1CCC[C@@H](C(=O)N2CCC[C@@H](Oc3cnccn3)C2)C1. The number of hydrogen-bond donors (Lipinski definition) is 0. The van der Waals surface area contributed by atoms with Gasteiger partial charge in [-0.1, -0.05) is 0 Å². The van der Waals surface area contributed by atoms with Gasteiger partial charge in [0.25, 0.3) is 0 Å². The fourth-order valence-corrected chi connectivity index (χ4v) is 3.38. The third-order valence-corrected chi connectivity index (χ3v) is 4.49. The van der Waals surface area contributed by atoms with Crippen LogP contribution in [0.3, 0.4) is 0 Å². The number of aromatic nitrogens is 2. The van der Waals surface area contributed by atoms with Crippen LogP contribution in [0, 0.1) is 5.92 Å². The minimum absolute atomic E-state index is 0.0238. The van der Waals surface area contributed by atoms with E-state index in [1.54, 1.807) is 18.6 Å². The maximum absolute atomic E-state index is 12.7. The van der Waals surface area contributed by atoms with Gasteiger partial charge >= 0.3 is 0 Å². The standard InChI is InChI=1S/C16H24N4O2/c1-19-8-2-4-13(11-19)16(21)20-9-3-5-14(12-20)22-15-10-17-6-7-18-15/h6-7,10,13-14H,2-5,8-9,11-12H2,1H3/t13-,14-/m1/s1. The van der Waals surface area contributed by atoms with Crippen molar-refractivity contribution in [3.63, 3.8) is 0 Å². The molecule has 0 spiro atoms. The van der Waals surface area contributed by atoms with E-state index in [9.17, 15) is 4.79 Å². The second-order valence-corrected chi connectivity index (χ2v) is 6.31. The van der Waals surface area contributed by atoms with Crippen molar-refractivity contribution in [1.29, 1.82) is 0 Å². The van der Waals surface area contributed by atoms with E-state index in [0.29, 0.717) is 18.3 Å². The van der Waals surface area contributed by atoms with Gasteiger partial charge in [0.2, 0.25) is 11.8 Å². The molecule has 0 unspecified atom stereocenters. The molecule has 2 saturated heterocycles. The van der Waals surface area contributed by atoms with Crippen molar-refractivity contribution in [1.82, 2.24) is 19.8 Å². The number of amides is 1. The Morgan fingerprint density at radius 3 is 2.86 bits per heavy atom. The Kier molecular flexibility index (Phi) is 4.87. The molecule has 2 aliphatic heterocycles. The van der Waals surface area contributed by atoms with Crippen molar-refractivity contribution in [2.75, 3.05) is 33.2 Å². The normalized spacial score (nSPS) is 26.7. The third kappa shape index (κ3) is 3.74. The molecule has 2 atom stereocenters. The maximum Gasteiger partial charge on any atom is 0.232 e. The summed E-state index contributed by atoms with van der Waals surface area (Å²) in [7, 11) is 2.09. The van der Waals surface area contributed by atoms with E-state index in [1.165, 1.54) is 0 Å². The molecule has 0 aliphatic carbocycles. The van der Waals surface area contributed by atoms with E-state index in [1.807, 2.05) is 4.90 Å². The quantitative estimate of drug-likeness (QED) is 0.839. The van der Waals surface area contributed by atoms with Gasteiger partial charge < -0.3 is 14.5 Å². The van der Waals surface area contributed by atoms with Gasteiger partial charge in [0.15, 0.2) is 0 Å². The fourth-order valence-electron chi connectivity index (χ4n) is 3.38. The molecular formula is C16H24N4O2. The van der Waals surface area contributed by atoms with Gasteiger partial charge in [-0.25, -0.2) is 4.98 Å². The van der Waals surface area contributed by atoms with Crippen LogP contribution >= 0.6 is 0 Å². The zero-order valence-corrected chi connectivity index (χ0v) is 13.1. The number of carbonyl (C=O) groups is 1. The highest BCUT2D eigenvalue weighted by Gasteiger charge is 2.31. The predicted octanol–water partition coefficient (Wildman–Crippen LogP) is 1.19. The first-order chi connectivity index (χ1) is 10.7. The highest BCUT2D eigenvalue weighted by molar-refractivity contribution is 5.79. The smallest absolute Gasteiger partial charge is 0.232 e. The van der Waals surface area contributed by atoms with Gasteiger partial charge in [0.05, 0.1) is 18.7 Å². The number of nitrogens with zero attached hydrogens (tertiary/aromatic N) is 4. The average molecular weight is 304 g/mol. The summed E-state index contributed by atoms with van der Waals surface area (Å²) in [4.78, 5) is 25.1. The van der Waals surface area contributed by atoms with Crippen molar-refractivity contribution in [3.05, 3.63) is 18.6 Å². The molecule has 1 aromatic rings. The summed E-state index contributed by atoms with van der Waals surface area (Å²) in [5.74, 6) is 0.979. The van der Waals surface area contributed by atoms with Gasteiger partial charge in [0.1, 0.15) is 6.10 Å². The third-order valence-electron chi connectivity index (χ3n) is 4.49. The Hall–Kier alpha value is -1.69. The molecule has 0 aromatic carbocycles. The number of piperidine rings is 2. The number of hydrogen-bond acceptors (Lipinski definition) is 5. The largest absolute Gasteiger partial charge is 0.471 e. The number of carbonyl (C=O) groups excluding carboxylic acids is 1. The van der Waals surface area contributed by atoms with Crippen LogP contribution in [-0.4, -0.2) is 65.0 Å². The van der Waals surface area contributed by atoms with E-state index < -0.39 is 0 Å². The van der Waals surface area contributed by atoms with Crippen molar-refractivity contribution in [3.8, 4) is 5.88 Å². The van der Waals surface area contributed by atoms with E-state index in [2.05, 4.69) is 21.9 Å². The fraction of sp³-hybridized carbons (Fsp3) is 0.688. The minimum atomic E-state index is 0.0238. The first-order valence-corrected chi connectivity index (χ1v) is 8.12. The molecule has 22 heavy (non-hydrogen) atoms. The molecule has 0 radical (unpaired) electrons. The van der Waals surface area contributed by atoms with Crippen molar-refractivity contribution in [2.24, 2.45) is 5.92 Å². The van der Waals surface area contributed by atoms with Crippen LogP contribution < -0.4 is 4.74 Å². The van der Waals surface area contributed by atoms with Crippen LogP contribution in [0.2, 0.25) is 0 Å². The Labute approximate surface area is 131 Å². The molecule has 1 aromatic heterocycles. The number of ether oxygens (including phenoxy) is 1. The van der Waals surface area contributed by atoms with Crippen molar-refractivity contribution in [2.45, 2.75) is 31.8 Å². The second kappa shape index (κ2) is 7.05. The number of likely N-dealkylation sites (tertiary alicyclic amines) is 2. The average Bonchev–Trinajstić information content (AvgIpc) is 2.55. The molecular weight excluding hydrogens is 280 g/mol. The molecule has 2 aliphatic rings. The lowest BCUT2D eigenvalue weighted by Gasteiger charge is -2.37. The van der Waals surface area contributed by atoms with Gasteiger partial charge in [-0.15, -0.1) is 0 Å². The van der Waals surface area contributed by atoms with E-state index in [0.717, 1.165) is 45.3 Å². The number of rotatable bonds is 3. The van der Waals surface area contributed by atoms with Crippen LogP contribution in [0.5, 0.6) is 5.88 Å². The van der Waals surface area contributed by atoms with Crippen LogP contribution in [-0.2, 0) is 4.79 Å². The van der Waals surface area contributed by atoms with E-state index in [-0.39, 0.29) is 12.0 Å². The van der Waals surface area contributed by atoms with Crippen LogP contribution in [0.4, 0.5) is 0 Å². The Morgan fingerprint density at radius 1 is 1.23 bits per heavy atom. The molecule has 3 heterocycles.